The first-order valence-electron chi connectivity index (χ1n) is 10.5. The van der Waals surface area contributed by atoms with Crippen LogP contribution in [0, 0.1) is 6.92 Å². The average molecular weight is 459 g/mol. The van der Waals surface area contributed by atoms with Crippen LogP contribution in [-0.4, -0.2) is 40.5 Å². The highest BCUT2D eigenvalue weighted by atomic mass is 35.5. The zero-order valence-electron chi connectivity index (χ0n) is 18.3. The number of ether oxygens (including phenoxy) is 1. The number of aryl methyl sites for hydroxylation is 1. The molecular weight excluding hydrogens is 432 g/mol. The zero-order chi connectivity index (χ0) is 23.5. The summed E-state index contributed by atoms with van der Waals surface area (Å²) in [6, 6.07) is 10.5. The van der Waals surface area contributed by atoms with E-state index in [1.54, 1.807) is 41.0 Å². The molecule has 2 aromatic carbocycles. The second-order valence-electron chi connectivity index (χ2n) is 7.54. The Morgan fingerprint density at radius 1 is 1.19 bits per heavy atom. The van der Waals surface area contributed by atoms with Gasteiger partial charge in [-0.05, 0) is 42.3 Å². The Bertz CT molecular complexity index is 1180. The number of benzene rings is 2. The SMILES string of the molecule is CC.Cc1cc2c3c(c1)c(=O)c(C(=O)NCc1ccc(Cl)cc1)cn3C(CO)(CO)CO2. The molecule has 0 atom stereocenters. The maximum atomic E-state index is 13.1. The maximum Gasteiger partial charge on any atom is 0.257 e. The van der Waals surface area contributed by atoms with E-state index in [1.165, 1.54) is 6.20 Å². The number of carbonyl (C=O) groups is 1. The molecule has 7 nitrogen and oxygen atoms in total. The van der Waals surface area contributed by atoms with E-state index in [1.807, 2.05) is 20.8 Å². The minimum Gasteiger partial charge on any atom is -0.489 e. The van der Waals surface area contributed by atoms with E-state index in [0.29, 0.717) is 21.7 Å². The molecule has 1 aromatic heterocycles. The molecule has 170 valence electrons. The van der Waals surface area contributed by atoms with E-state index in [2.05, 4.69) is 5.32 Å². The summed E-state index contributed by atoms with van der Waals surface area (Å²) in [5, 5.41) is 23.6. The van der Waals surface area contributed by atoms with Crippen LogP contribution in [0.3, 0.4) is 0 Å². The van der Waals surface area contributed by atoms with Gasteiger partial charge in [-0.3, -0.25) is 9.59 Å². The molecule has 0 saturated carbocycles. The topological polar surface area (TPSA) is 101 Å². The van der Waals surface area contributed by atoms with Gasteiger partial charge in [0.2, 0.25) is 5.43 Å². The van der Waals surface area contributed by atoms with Crippen LogP contribution < -0.4 is 15.5 Å². The first-order chi connectivity index (χ1) is 15.4. The van der Waals surface area contributed by atoms with Crippen LogP contribution in [-0.2, 0) is 12.1 Å². The van der Waals surface area contributed by atoms with Gasteiger partial charge in [-0.1, -0.05) is 37.6 Å². The highest BCUT2D eigenvalue weighted by Gasteiger charge is 2.38. The molecule has 0 fully saturated rings. The fourth-order valence-corrected chi connectivity index (χ4v) is 3.79. The summed E-state index contributed by atoms with van der Waals surface area (Å²) in [6.07, 6.45) is 1.40. The number of aliphatic hydroxyl groups excluding tert-OH is 2. The zero-order valence-corrected chi connectivity index (χ0v) is 19.1. The third-order valence-electron chi connectivity index (χ3n) is 5.41. The Balaban J connectivity index is 0.00000141. The van der Waals surface area contributed by atoms with Gasteiger partial charge in [0.25, 0.3) is 5.91 Å². The number of nitrogens with zero attached hydrogens (tertiary/aromatic N) is 1. The molecule has 3 N–H and O–H groups in total. The maximum absolute atomic E-state index is 13.1. The second-order valence-corrected chi connectivity index (χ2v) is 7.98. The fourth-order valence-electron chi connectivity index (χ4n) is 3.67. The van der Waals surface area contributed by atoms with Gasteiger partial charge in [0.1, 0.15) is 23.5 Å². The lowest BCUT2D eigenvalue weighted by atomic mass is 9.97. The van der Waals surface area contributed by atoms with E-state index in [4.69, 9.17) is 16.3 Å². The van der Waals surface area contributed by atoms with E-state index < -0.39 is 30.1 Å². The molecule has 4 rings (SSSR count). The molecule has 0 spiro atoms. The summed E-state index contributed by atoms with van der Waals surface area (Å²) in [4.78, 5) is 26.0. The van der Waals surface area contributed by atoms with E-state index >= 15 is 0 Å². The lowest BCUT2D eigenvalue weighted by Gasteiger charge is -2.38. The summed E-state index contributed by atoms with van der Waals surface area (Å²) >= 11 is 5.88. The number of halogens is 1. The predicted molar refractivity (Wildman–Crippen MR) is 125 cm³/mol. The number of pyridine rings is 1. The minimum atomic E-state index is -1.18. The van der Waals surface area contributed by atoms with Crippen molar-refractivity contribution in [3.63, 3.8) is 0 Å². The van der Waals surface area contributed by atoms with E-state index in [-0.39, 0.29) is 18.7 Å². The lowest BCUT2D eigenvalue weighted by Crippen LogP contribution is -2.49. The number of hydrogen-bond acceptors (Lipinski definition) is 5. The van der Waals surface area contributed by atoms with Crippen molar-refractivity contribution >= 4 is 28.4 Å². The fraction of sp³-hybridized carbons (Fsp3) is 0.333. The number of amides is 1. The number of hydrogen-bond donors (Lipinski definition) is 3. The highest BCUT2D eigenvalue weighted by Crippen LogP contribution is 2.35. The van der Waals surface area contributed by atoms with Gasteiger partial charge in [0, 0.05) is 17.8 Å². The second kappa shape index (κ2) is 9.73. The molecule has 32 heavy (non-hydrogen) atoms. The Morgan fingerprint density at radius 3 is 2.47 bits per heavy atom. The molecule has 3 aromatic rings. The Hall–Kier alpha value is -2.87. The predicted octanol–water partition coefficient (Wildman–Crippen LogP) is 2.99. The van der Waals surface area contributed by atoms with Crippen molar-refractivity contribution < 1.29 is 19.7 Å². The van der Waals surface area contributed by atoms with Crippen LogP contribution in [0.25, 0.3) is 10.9 Å². The van der Waals surface area contributed by atoms with Crippen molar-refractivity contribution in [1.29, 1.82) is 0 Å². The van der Waals surface area contributed by atoms with Crippen LogP contribution in [0.5, 0.6) is 5.75 Å². The Kier molecular flexibility index (Phi) is 7.23. The molecule has 0 bridgehead atoms. The third kappa shape index (κ3) is 4.24. The van der Waals surface area contributed by atoms with Crippen molar-refractivity contribution in [2.45, 2.75) is 32.9 Å². The largest absolute Gasteiger partial charge is 0.489 e. The number of aromatic nitrogens is 1. The molecule has 0 unspecified atom stereocenters. The highest BCUT2D eigenvalue weighted by molar-refractivity contribution is 6.30. The molecule has 1 aliphatic heterocycles. The Morgan fingerprint density at radius 2 is 1.84 bits per heavy atom. The summed E-state index contributed by atoms with van der Waals surface area (Å²) < 4.78 is 7.35. The van der Waals surface area contributed by atoms with Gasteiger partial charge in [0.05, 0.1) is 24.1 Å². The standard InChI is InChI=1S/C22H21ClN2O5.C2H6/c1-13-6-16-19-18(7-13)30-12-22(10-26,11-27)25(19)9-17(20(16)28)21(29)24-8-14-2-4-15(23)5-3-14;1-2/h2-7,9,26-27H,8,10-12H2,1H3,(H,24,29);1-2H3. The Labute approximate surface area is 191 Å². The summed E-state index contributed by atoms with van der Waals surface area (Å²) in [7, 11) is 0. The summed E-state index contributed by atoms with van der Waals surface area (Å²) in [5.41, 5.74) is 0.409. The molecule has 1 amide bonds. The van der Waals surface area contributed by atoms with Crippen molar-refractivity contribution in [1.82, 2.24) is 9.88 Å². The van der Waals surface area contributed by atoms with Crippen molar-refractivity contribution in [3.05, 3.63) is 74.5 Å². The smallest absolute Gasteiger partial charge is 0.257 e. The molecule has 1 aliphatic rings. The molecule has 8 heteroatoms. The molecule has 2 heterocycles. The normalized spacial score (nSPS) is 13.7. The number of aliphatic hydroxyl groups is 2. The average Bonchev–Trinajstić information content (AvgIpc) is 2.82. The van der Waals surface area contributed by atoms with Gasteiger partial charge in [-0.15, -0.1) is 0 Å². The lowest BCUT2D eigenvalue weighted by molar-refractivity contribution is 0.0182. The van der Waals surface area contributed by atoms with E-state index in [0.717, 1.165) is 11.1 Å². The van der Waals surface area contributed by atoms with Crippen molar-refractivity contribution in [3.8, 4) is 5.75 Å². The summed E-state index contributed by atoms with van der Waals surface area (Å²) in [6.45, 7) is 5.23. The molecule has 0 saturated heterocycles. The number of nitrogens with one attached hydrogen (secondary N) is 1. The van der Waals surface area contributed by atoms with Gasteiger partial charge >= 0.3 is 0 Å². The van der Waals surface area contributed by atoms with Crippen LogP contribution in [0.2, 0.25) is 5.02 Å². The summed E-state index contributed by atoms with van der Waals surface area (Å²) in [5.74, 6) is -0.0623. The monoisotopic (exact) mass is 458 g/mol. The number of carbonyl (C=O) groups excluding carboxylic acids is 1. The molecular formula is C24H27ClN2O5. The van der Waals surface area contributed by atoms with E-state index in [9.17, 15) is 19.8 Å². The van der Waals surface area contributed by atoms with Gasteiger partial charge in [0.15, 0.2) is 0 Å². The van der Waals surface area contributed by atoms with Crippen LogP contribution in [0.1, 0.15) is 35.3 Å². The van der Waals surface area contributed by atoms with Crippen LogP contribution in [0.15, 0.2) is 47.4 Å². The quantitative estimate of drug-likeness (QED) is 0.545. The molecule has 0 radical (unpaired) electrons. The van der Waals surface area contributed by atoms with Gasteiger partial charge in [-0.2, -0.15) is 0 Å². The third-order valence-corrected chi connectivity index (χ3v) is 5.67. The first kappa shape index (κ1) is 23.8. The van der Waals surface area contributed by atoms with Crippen LogP contribution >= 0.6 is 11.6 Å². The van der Waals surface area contributed by atoms with Crippen molar-refractivity contribution in [2.75, 3.05) is 19.8 Å². The minimum absolute atomic E-state index is 0.0141. The first-order valence-corrected chi connectivity index (χ1v) is 10.8. The van der Waals surface area contributed by atoms with Gasteiger partial charge < -0.3 is 24.8 Å². The van der Waals surface area contributed by atoms with Gasteiger partial charge in [-0.25, -0.2) is 0 Å². The van der Waals surface area contributed by atoms with Crippen LogP contribution in [0.4, 0.5) is 0 Å². The van der Waals surface area contributed by atoms with Crippen molar-refractivity contribution in [2.24, 2.45) is 0 Å². The number of rotatable bonds is 5. The molecule has 0 aliphatic carbocycles.